The number of carbonyl (C=O) groups excluding carboxylic acids is 1. The third-order valence-electron chi connectivity index (χ3n) is 8.83. The van der Waals surface area contributed by atoms with Crippen molar-refractivity contribution >= 4 is 23.5 Å². The normalized spacial score (nSPS) is 13.6. The van der Waals surface area contributed by atoms with Crippen molar-refractivity contribution in [2.75, 3.05) is 56.6 Å². The molecule has 1 aliphatic rings. The second-order valence-electron chi connectivity index (χ2n) is 13.1. The van der Waals surface area contributed by atoms with Crippen LogP contribution < -0.4 is 19.7 Å². The van der Waals surface area contributed by atoms with Gasteiger partial charge in [0.05, 0.1) is 19.7 Å². The summed E-state index contributed by atoms with van der Waals surface area (Å²) >= 11 is 0. The minimum atomic E-state index is -0.590. The summed E-state index contributed by atoms with van der Waals surface area (Å²) in [5.41, 5.74) is 5.15. The molecule has 1 fully saturated rings. The Bertz CT molecular complexity index is 1900. The van der Waals surface area contributed by atoms with Crippen LogP contribution in [0.15, 0.2) is 85.3 Å². The first-order chi connectivity index (χ1) is 24.7. The van der Waals surface area contributed by atoms with Crippen molar-refractivity contribution in [1.29, 1.82) is 0 Å². The topological polar surface area (TPSA) is 101 Å². The van der Waals surface area contributed by atoms with Gasteiger partial charge in [0.2, 0.25) is 5.95 Å². The van der Waals surface area contributed by atoms with E-state index in [2.05, 4.69) is 37.2 Å². The van der Waals surface area contributed by atoms with Crippen LogP contribution in [-0.4, -0.2) is 82.0 Å². The third kappa shape index (κ3) is 9.68. The van der Waals surface area contributed by atoms with Crippen LogP contribution in [0.25, 0.3) is 0 Å². The number of amides is 1. The predicted octanol–water partition coefficient (Wildman–Crippen LogP) is 6.75. The summed E-state index contributed by atoms with van der Waals surface area (Å²) in [5, 5.41) is 7.39. The molecule has 0 bridgehead atoms. The molecule has 51 heavy (non-hydrogen) atoms. The first-order valence-corrected chi connectivity index (χ1v) is 17.3. The highest BCUT2D eigenvalue weighted by molar-refractivity contribution is 5.88. The molecular formula is C39H45FN8O3. The molecule has 1 amide bonds. The maximum Gasteiger partial charge on any atom is 0.421 e. The highest BCUT2D eigenvalue weighted by Crippen LogP contribution is 2.28. The van der Waals surface area contributed by atoms with Crippen LogP contribution in [-0.2, 0) is 13.1 Å². The van der Waals surface area contributed by atoms with Gasteiger partial charge in [0.25, 0.3) is 0 Å². The molecule has 266 valence electrons. The number of hydrogen-bond acceptors (Lipinski definition) is 9. The minimum Gasteiger partial charge on any atom is -0.490 e. The predicted molar refractivity (Wildman–Crippen MR) is 196 cm³/mol. The Balaban J connectivity index is 1.17. The van der Waals surface area contributed by atoms with Gasteiger partial charge in [-0.25, -0.2) is 14.2 Å². The summed E-state index contributed by atoms with van der Waals surface area (Å²) in [6, 6.07) is 20.1. The van der Waals surface area contributed by atoms with Gasteiger partial charge in [-0.2, -0.15) is 10.1 Å². The van der Waals surface area contributed by atoms with Gasteiger partial charge in [-0.15, -0.1) is 0 Å². The van der Waals surface area contributed by atoms with Crippen molar-refractivity contribution in [2.24, 2.45) is 0 Å². The lowest BCUT2D eigenvalue weighted by molar-refractivity contribution is 0.145. The van der Waals surface area contributed by atoms with E-state index in [0.29, 0.717) is 30.4 Å². The molecule has 0 spiro atoms. The van der Waals surface area contributed by atoms with Crippen LogP contribution in [0.3, 0.4) is 0 Å². The first kappa shape index (κ1) is 35.5. The monoisotopic (exact) mass is 692 g/mol. The van der Waals surface area contributed by atoms with Gasteiger partial charge in [-0.05, 0) is 80.8 Å². The van der Waals surface area contributed by atoms with Crippen LogP contribution in [0.5, 0.6) is 11.5 Å². The van der Waals surface area contributed by atoms with E-state index in [1.807, 2.05) is 74.1 Å². The number of aromatic nitrogens is 4. The number of halogens is 1. The van der Waals surface area contributed by atoms with Crippen molar-refractivity contribution in [1.82, 2.24) is 29.5 Å². The highest BCUT2D eigenvalue weighted by atomic mass is 19.1. The molecule has 3 aromatic carbocycles. The smallest absolute Gasteiger partial charge is 0.421 e. The number of piperazine rings is 1. The Hall–Kier alpha value is -5.33. The van der Waals surface area contributed by atoms with E-state index in [0.717, 1.165) is 67.0 Å². The summed E-state index contributed by atoms with van der Waals surface area (Å²) in [7, 11) is 2.14. The largest absolute Gasteiger partial charge is 0.490 e. The van der Waals surface area contributed by atoms with Gasteiger partial charge in [-0.1, -0.05) is 42.0 Å². The molecule has 1 saturated heterocycles. The number of benzene rings is 3. The highest BCUT2D eigenvalue weighted by Gasteiger charge is 2.23. The molecular weight excluding hydrogens is 647 g/mol. The van der Waals surface area contributed by atoms with Gasteiger partial charge in [0, 0.05) is 63.1 Å². The molecule has 11 nitrogen and oxygen atoms in total. The fraction of sp³-hybridized carbons (Fsp3) is 0.333. The summed E-state index contributed by atoms with van der Waals surface area (Å²) < 4.78 is 28.7. The number of rotatable bonds is 13. The molecule has 0 radical (unpaired) electrons. The Kier molecular flexibility index (Phi) is 11.5. The zero-order valence-corrected chi connectivity index (χ0v) is 29.7. The van der Waals surface area contributed by atoms with E-state index < -0.39 is 11.9 Å². The Labute approximate surface area is 298 Å². The van der Waals surface area contributed by atoms with Gasteiger partial charge in [-0.3, -0.25) is 9.58 Å². The molecule has 2 aromatic heterocycles. The summed E-state index contributed by atoms with van der Waals surface area (Å²) in [6.45, 7) is 12.2. The lowest BCUT2D eigenvalue weighted by Gasteiger charge is -2.32. The standard InChI is InChI=1S/C39H45FN8O3/c1-28-22-29(2)37(30(3)23-28)51-39(49)48(27-32-9-5-8-31(24-32)26-47-16-6-13-42-47)36-12-14-41-38(44-36)43-33-10-11-35(34(40)25-33)50-21-7-15-46-19-17-45(4)18-20-46/h5-6,8-14,16,22-25H,7,15,17-21,26-27H2,1-4H3,(H,41,43,44). The quantitative estimate of drug-likeness (QED) is 0.134. The van der Waals surface area contributed by atoms with Crippen LogP contribution in [0.4, 0.5) is 26.6 Å². The lowest BCUT2D eigenvalue weighted by atomic mass is 10.1. The lowest BCUT2D eigenvalue weighted by Crippen LogP contribution is -2.44. The van der Waals surface area contributed by atoms with Gasteiger partial charge < -0.3 is 24.6 Å². The Morgan fingerprint density at radius 3 is 2.47 bits per heavy atom. The summed E-state index contributed by atoms with van der Waals surface area (Å²) in [6.07, 6.45) is 5.43. The SMILES string of the molecule is Cc1cc(C)c(OC(=O)N(Cc2cccc(Cn3cccn3)c2)c2ccnc(Nc3ccc(OCCCN4CCN(C)CC4)c(F)c3)n2)c(C)c1. The molecule has 5 aromatic rings. The zero-order valence-electron chi connectivity index (χ0n) is 29.7. The maximum absolute atomic E-state index is 15.1. The average Bonchev–Trinajstić information content (AvgIpc) is 3.62. The molecule has 6 rings (SSSR count). The van der Waals surface area contributed by atoms with Crippen molar-refractivity contribution in [3.8, 4) is 11.5 Å². The average molecular weight is 693 g/mol. The minimum absolute atomic E-state index is 0.182. The van der Waals surface area contributed by atoms with E-state index in [-0.39, 0.29) is 18.2 Å². The maximum atomic E-state index is 15.1. The van der Waals surface area contributed by atoms with E-state index >= 15 is 4.39 Å². The number of anilines is 3. The summed E-state index contributed by atoms with van der Waals surface area (Å²) in [4.78, 5) is 29.2. The Morgan fingerprint density at radius 2 is 1.73 bits per heavy atom. The van der Waals surface area contributed by atoms with Crippen molar-refractivity contribution < 1.29 is 18.7 Å². The van der Waals surface area contributed by atoms with Crippen molar-refractivity contribution in [2.45, 2.75) is 40.3 Å². The second-order valence-corrected chi connectivity index (χ2v) is 13.1. The molecule has 0 unspecified atom stereocenters. The van der Waals surface area contributed by atoms with Gasteiger partial charge in [0.15, 0.2) is 11.6 Å². The van der Waals surface area contributed by atoms with E-state index in [4.69, 9.17) is 9.47 Å². The molecule has 0 aliphatic carbocycles. The fourth-order valence-electron chi connectivity index (χ4n) is 6.23. The number of ether oxygens (including phenoxy) is 2. The third-order valence-corrected chi connectivity index (χ3v) is 8.83. The number of likely N-dealkylation sites (N-methyl/N-ethyl adjacent to an activating group) is 1. The van der Waals surface area contributed by atoms with Gasteiger partial charge >= 0.3 is 6.09 Å². The van der Waals surface area contributed by atoms with Crippen molar-refractivity contribution in [3.63, 3.8) is 0 Å². The molecule has 1 aliphatic heterocycles. The molecule has 12 heteroatoms. The number of aryl methyl sites for hydroxylation is 3. The zero-order chi connectivity index (χ0) is 35.7. The van der Waals surface area contributed by atoms with E-state index in [1.165, 1.54) is 11.0 Å². The first-order valence-electron chi connectivity index (χ1n) is 17.3. The van der Waals surface area contributed by atoms with Gasteiger partial charge in [0.1, 0.15) is 11.6 Å². The van der Waals surface area contributed by atoms with Crippen LogP contribution >= 0.6 is 0 Å². The fourth-order valence-corrected chi connectivity index (χ4v) is 6.23. The van der Waals surface area contributed by atoms with Crippen LogP contribution in [0.1, 0.15) is 34.2 Å². The molecule has 0 atom stereocenters. The number of nitrogens with one attached hydrogen (secondary N) is 1. The molecule has 1 N–H and O–H groups in total. The molecule has 3 heterocycles. The van der Waals surface area contributed by atoms with E-state index in [9.17, 15) is 4.79 Å². The molecule has 0 saturated carbocycles. The second kappa shape index (κ2) is 16.6. The number of hydrogen-bond donors (Lipinski definition) is 1. The summed E-state index contributed by atoms with van der Waals surface area (Å²) in [5.74, 6) is 0.727. The Morgan fingerprint density at radius 1 is 0.941 bits per heavy atom. The van der Waals surface area contributed by atoms with E-state index in [1.54, 1.807) is 30.6 Å². The van der Waals surface area contributed by atoms with Crippen LogP contribution in [0, 0.1) is 26.6 Å². The van der Waals surface area contributed by atoms with Crippen LogP contribution in [0.2, 0.25) is 0 Å². The number of nitrogens with zero attached hydrogens (tertiary/aromatic N) is 7. The number of carbonyl (C=O) groups is 1. The van der Waals surface area contributed by atoms with Crippen molar-refractivity contribution in [3.05, 3.63) is 119 Å².